The Morgan fingerprint density at radius 1 is 1.60 bits per heavy atom. The van der Waals surface area contributed by atoms with E-state index in [4.69, 9.17) is 10.3 Å². The minimum atomic E-state index is -0.792. The van der Waals surface area contributed by atoms with Crippen LogP contribution in [0.25, 0.3) is 0 Å². The van der Waals surface area contributed by atoms with Crippen molar-refractivity contribution < 1.29 is 10.3 Å². The number of pyridine rings is 1. The standard InChI is InChI=1S/C6H7NO3/c1-4-2-3-7(10)6(9)5(4)8/h2-3,8,10H,1H3. The number of aromatic hydroxyl groups is 1. The van der Waals surface area contributed by atoms with Gasteiger partial charge in [0.15, 0.2) is 5.75 Å². The number of nitrogens with zero attached hydrogens (tertiary/aromatic N) is 1. The zero-order valence-electron chi connectivity index (χ0n) is 5.40. The Morgan fingerprint density at radius 3 is 2.70 bits per heavy atom. The first-order valence-electron chi connectivity index (χ1n) is 2.73. The van der Waals surface area contributed by atoms with E-state index in [-0.39, 0.29) is 0 Å². The molecule has 1 aromatic heterocycles. The van der Waals surface area contributed by atoms with Gasteiger partial charge in [0.1, 0.15) is 0 Å². The van der Waals surface area contributed by atoms with Crippen molar-refractivity contribution in [1.29, 1.82) is 0 Å². The molecule has 0 unspecified atom stereocenters. The van der Waals surface area contributed by atoms with Crippen molar-refractivity contribution in [1.82, 2.24) is 4.73 Å². The smallest absolute Gasteiger partial charge is 0.325 e. The van der Waals surface area contributed by atoms with Crippen LogP contribution in [0.2, 0.25) is 0 Å². The van der Waals surface area contributed by atoms with Crippen LogP contribution < -0.4 is 5.56 Å². The zero-order chi connectivity index (χ0) is 7.72. The van der Waals surface area contributed by atoms with Gasteiger partial charge in [-0.2, -0.15) is 4.73 Å². The van der Waals surface area contributed by atoms with E-state index in [2.05, 4.69) is 0 Å². The molecule has 0 saturated carbocycles. The molecule has 0 atom stereocenters. The van der Waals surface area contributed by atoms with E-state index in [1.807, 2.05) is 0 Å². The fourth-order valence-corrected chi connectivity index (χ4v) is 0.606. The van der Waals surface area contributed by atoms with Crippen molar-refractivity contribution in [3.05, 3.63) is 28.2 Å². The van der Waals surface area contributed by atoms with Crippen molar-refractivity contribution >= 4 is 0 Å². The first-order chi connectivity index (χ1) is 4.63. The Kier molecular flexibility index (Phi) is 1.37. The van der Waals surface area contributed by atoms with Gasteiger partial charge in [-0.05, 0) is 18.6 Å². The Labute approximate surface area is 56.9 Å². The van der Waals surface area contributed by atoms with Crippen LogP contribution >= 0.6 is 0 Å². The first-order valence-corrected chi connectivity index (χ1v) is 2.73. The fraction of sp³-hybridized carbons (Fsp3) is 0.167. The lowest BCUT2D eigenvalue weighted by Gasteiger charge is -1.97. The topological polar surface area (TPSA) is 62.5 Å². The van der Waals surface area contributed by atoms with Gasteiger partial charge >= 0.3 is 5.56 Å². The quantitative estimate of drug-likeness (QED) is 0.503. The van der Waals surface area contributed by atoms with Crippen LogP contribution in [0.5, 0.6) is 5.75 Å². The lowest BCUT2D eigenvalue weighted by Crippen LogP contribution is -2.16. The molecule has 1 heterocycles. The normalized spacial score (nSPS) is 9.70. The number of rotatable bonds is 0. The van der Waals surface area contributed by atoms with Gasteiger partial charge in [0, 0.05) is 6.20 Å². The van der Waals surface area contributed by atoms with E-state index in [0.29, 0.717) is 10.3 Å². The van der Waals surface area contributed by atoms with Gasteiger partial charge in [-0.3, -0.25) is 4.79 Å². The van der Waals surface area contributed by atoms with Crippen LogP contribution in [0.15, 0.2) is 17.1 Å². The van der Waals surface area contributed by atoms with Gasteiger partial charge in [0.2, 0.25) is 0 Å². The van der Waals surface area contributed by atoms with E-state index in [1.165, 1.54) is 12.3 Å². The molecule has 0 aliphatic carbocycles. The molecule has 0 aliphatic rings. The van der Waals surface area contributed by atoms with Crippen LogP contribution in [0, 0.1) is 6.92 Å². The van der Waals surface area contributed by atoms with Gasteiger partial charge in [-0.15, -0.1) is 0 Å². The number of hydrogen-bond donors (Lipinski definition) is 2. The number of hydrogen-bond acceptors (Lipinski definition) is 3. The van der Waals surface area contributed by atoms with E-state index in [1.54, 1.807) is 6.92 Å². The molecule has 0 fully saturated rings. The third-order valence-electron chi connectivity index (χ3n) is 1.25. The largest absolute Gasteiger partial charge is 0.503 e. The second kappa shape index (κ2) is 2.06. The van der Waals surface area contributed by atoms with Gasteiger partial charge in [0.05, 0.1) is 0 Å². The van der Waals surface area contributed by atoms with Gasteiger partial charge in [0.25, 0.3) is 0 Å². The average molecular weight is 141 g/mol. The van der Waals surface area contributed by atoms with Crippen molar-refractivity contribution in [2.24, 2.45) is 0 Å². The molecule has 0 aliphatic heterocycles. The molecule has 0 aromatic carbocycles. The average Bonchev–Trinajstić information content (AvgIpc) is 1.93. The Bertz CT molecular complexity index is 302. The van der Waals surface area contributed by atoms with E-state index < -0.39 is 11.3 Å². The lowest BCUT2D eigenvalue weighted by atomic mass is 10.3. The van der Waals surface area contributed by atoms with Crippen LogP contribution in [0.1, 0.15) is 5.56 Å². The summed E-state index contributed by atoms with van der Waals surface area (Å²) in [5.74, 6) is -0.412. The molecular formula is C6H7NO3. The monoisotopic (exact) mass is 141 g/mol. The highest BCUT2D eigenvalue weighted by molar-refractivity contribution is 5.26. The molecule has 0 bridgehead atoms. The van der Waals surface area contributed by atoms with Gasteiger partial charge < -0.3 is 10.3 Å². The fourth-order valence-electron chi connectivity index (χ4n) is 0.606. The second-order valence-electron chi connectivity index (χ2n) is 2.00. The maximum atomic E-state index is 10.7. The molecule has 0 saturated heterocycles. The third-order valence-corrected chi connectivity index (χ3v) is 1.25. The third kappa shape index (κ3) is 0.834. The molecule has 10 heavy (non-hydrogen) atoms. The van der Waals surface area contributed by atoms with Crippen molar-refractivity contribution in [3.63, 3.8) is 0 Å². The predicted molar refractivity (Wildman–Crippen MR) is 34.3 cm³/mol. The molecular weight excluding hydrogens is 134 g/mol. The summed E-state index contributed by atoms with van der Waals surface area (Å²) in [7, 11) is 0. The lowest BCUT2D eigenvalue weighted by molar-refractivity contribution is 0.170. The predicted octanol–water partition coefficient (Wildman–Crippen LogP) is 0.0996. The summed E-state index contributed by atoms with van der Waals surface area (Å²) in [6.07, 6.45) is 1.18. The molecule has 1 rings (SSSR count). The Balaban J connectivity index is 3.50. The number of aryl methyl sites for hydroxylation is 1. The van der Waals surface area contributed by atoms with Crippen LogP contribution in [0.3, 0.4) is 0 Å². The summed E-state index contributed by atoms with van der Waals surface area (Å²) >= 11 is 0. The Morgan fingerprint density at radius 2 is 2.20 bits per heavy atom. The molecule has 0 amide bonds. The maximum Gasteiger partial charge on any atom is 0.325 e. The molecule has 4 nitrogen and oxygen atoms in total. The summed E-state index contributed by atoms with van der Waals surface area (Å²) in [5.41, 5.74) is -0.338. The minimum absolute atomic E-state index is 0.336. The summed E-state index contributed by atoms with van der Waals surface area (Å²) in [4.78, 5) is 10.7. The number of aromatic nitrogens is 1. The molecule has 2 N–H and O–H groups in total. The first kappa shape index (κ1) is 6.67. The summed E-state index contributed by atoms with van der Waals surface area (Å²) < 4.78 is 0.336. The zero-order valence-corrected chi connectivity index (χ0v) is 5.40. The van der Waals surface area contributed by atoms with Gasteiger partial charge in [-0.1, -0.05) is 0 Å². The van der Waals surface area contributed by atoms with E-state index in [9.17, 15) is 4.79 Å². The molecule has 1 aromatic rings. The minimum Gasteiger partial charge on any atom is -0.503 e. The highest BCUT2D eigenvalue weighted by Crippen LogP contribution is 2.06. The van der Waals surface area contributed by atoms with Crippen molar-refractivity contribution in [3.8, 4) is 5.75 Å². The van der Waals surface area contributed by atoms with Crippen LogP contribution in [0.4, 0.5) is 0 Å². The van der Waals surface area contributed by atoms with Crippen molar-refractivity contribution in [2.75, 3.05) is 0 Å². The molecule has 4 heteroatoms. The summed E-state index contributed by atoms with van der Waals surface area (Å²) in [5, 5.41) is 17.6. The van der Waals surface area contributed by atoms with Crippen molar-refractivity contribution in [2.45, 2.75) is 6.92 Å². The summed E-state index contributed by atoms with van der Waals surface area (Å²) in [6.45, 7) is 1.58. The second-order valence-corrected chi connectivity index (χ2v) is 2.00. The van der Waals surface area contributed by atoms with E-state index in [0.717, 1.165) is 0 Å². The van der Waals surface area contributed by atoms with Crippen LogP contribution in [-0.2, 0) is 0 Å². The SMILES string of the molecule is Cc1ccn(O)c(=O)c1O. The van der Waals surface area contributed by atoms with Gasteiger partial charge in [-0.25, -0.2) is 0 Å². The van der Waals surface area contributed by atoms with Crippen LogP contribution in [-0.4, -0.2) is 15.0 Å². The summed E-state index contributed by atoms with van der Waals surface area (Å²) in [6, 6.07) is 1.44. The Hall–Kier alpha value is -1.45. The molecule has 54 valence electrons. The highest BCUT2D eigenvalue weighted by Gasteiger charge is 2.01. The molecule has 0 spiro atoms. The van der Waals surface area contributed by atoms with E-state index >= 15 is 0 Å². The highest BCUT2D eigenvalue weighted by atomic mass is 16.5. The molecule has 0 radical (unpaired) electrons. The maximum absolute atomic E-state index is 10.7.